The molecule has 0 amide bonds. The van der Waals surface area contributed by atoms with E-state index in [1.54, 1.807) is 0 Å². The molecule has 0 atom stereocenters. The fourth-order valence-electron chi connectivity index (χ4n) is 1.76. The second-order valence-corrected chi connectivity index (χ2v) is 4.02. The van der Waals surface area contributed by atoms with Crippen LogP contribution in [0.4, 0.5) is 0 Å². The standard InChI is InChI=1S/C16H18/c1-4-7-8-9-10-16-12-14(5-2)11-15(6-3)13-16/h2-3,11-13H,4,7-10H2,1H3. The lowest BCUT2D eigenvalue weighted by atomic mass is 10.0. The maximum Gasteiger partial charge on any atom is 0.0257 e. The number of rotatable bonds is 5. The van der Waals surface area contributed by atoms with Gasteiger partial charge in [0.05, 0.1) is 0 Å². The number of benzene rings is 1. The van der Waals surface area contributed by atoms with Crippen molar-refractivity contribution in [1.29, 1.82) is 0 Å². The van der Waals surface area contributed by atoms with Crippen molar-refractivity contribution < 1.29 is 0 Å². The molecule has 0 radical (unpaired) electrons. The Bertz CT molecular complexity index is 380. The van der Waals surface area contributed by atoms with Gasteiger partial charge in [-0.15, -0.1) is 12.8 Å². The van der Waals surface area contributed by atoms with Crippen molar-refractivity contribution in [2.75, 3.05) is 0 Å². The van der Waals surface area contributed by atoms with Gasteiger partial charge in [0.1, 0.15) is 0 Å². The van der Waals surface area contributed by atoms with Gasteiger partial charge in [-0.3, -0.25) is 0 Å². The molecular weight excluding hydrogens is 192 g/mol. The normalized spacial score (nSPS) is 9.44. The van der Waals surface area contributed by atoms with Crippen LogP contribution in [0.3, 0.4) is 0 Å². The highest BCUT2D eigenvalue weighted by Crippen LogP contribution is 2.13. The predicted octanol–water partition coefficient (Wildman–Crippen LogP) is 3.77. The Morgan fingerprint density at radius 2 is 1.56 bits per heavy atom. The summed E-state index contributed by atoms with van der Waals surface area (Å²) in [6, 6.07) is 6.01. The zero-order valence-corrected chi connectivity index (χ0v) is 9.92. The van der Waals surface area contributed by atoms with Gasteiger partial charge in [0.2, 0.25) is 0 Å². The van der Waals surface area contributed by atoms with E-state index in [4.69, 9.17) is 12.8 Å². The Hall–Kier alpha value is -1.66. The van der Waals surface area contributed by atoms with Crippen molar-refractivity contribution >= 4 is 0 Å². The molecule has 16 heavy (non-hydrogen) atoms. The first-order chi connectivity index (χ1) is 7.80. The van der Waals surface area contributed by atoms with Gasteiger partial charge in [-0.05, 0) is 36.6 Å². The summed E-state index contributed by atoms with van der Waals surface area (Å²) in [5.41, 5.74) is 3.04. The summed E-state index contributed by atoms with van der Waals surface area (Å²) in [4.78, 5) is 0. The molecule has 0 bridgehead atoms. The van der Waals surface area contributed by atoms with Crippen LogP contribution in [0.5, 0.6) is 0 Å². The Kier molecular flexibility index (Phi) is 5.24. The Balaban J connectivity index is 2.66. The van der Waals surface area contributed by atoms with E-state index in [1.807, 2.05) is 6.07 Å². The first kappa shape index (κ1) is 12.4. The smallest absolute Gasteiger partial charge is 0.0257 e. The van der Waals surface area contributed by atoms with Gasteiger partial charge in [0.15, 0.2) is 0 Å². The summed E-state index contributed by atoms with van der Waals surface area (Å²) < 4.78 is 0. The summed E-state index contributed by atoms with van der Waals surface area (Å²) in [6.07, 6.45) is 16.9. The molecule has 1 aromatic rings. The topological polar surface area (TPSA) is 0 Å². The van der Waals surface area contributed by atoms with Gasteiger partial charge in [-0.2, -0.15) is 0 Å². The van der Waals surface area contributed by atoms with E-state index in [0.29, 0.717) is 0 Å². The minimum Gasteiger partial charge on any atom is -0.115 e. The van der Waals surface area contributed by atoms with Gasteiger partial charge in [0, 0.05) is 11.1 Å². The fourth-order valence-corrected chi connectivity index (χ4v) is 1.76. The predicted molar refractivity (Wildman–Crippen MR) is 70.2 cm³/mol. The molecule has 0 saturated heterocycles. The average Bonchev–Trinajstić information content (AvgIpc) is 2.34. The van der Waals surface area contributed by atoms with Crippen LogP contribution in [0.2, 0.25) is 0 Å². The van der Waals surface area contributed by atoms with E-state index < -0.39 is 0 Å². The monoisotopic (exact) mass is 210 g/mol. The maximum atomic E-state index is 5.40. The Morgan fingerprint density at radius 1 is 0.938 bits per heavy atom. The Morgan fingerprint density at radius 3 is 2.06 bits per heavy atom. The molecule has 0 fully saturated rings. The van der Waals surface area contributed by atoms with Gasteiger partial charge in [-0.1, -0.05) is 38.0 Å². The zero-order chi connectivity index (χ0) is 11.8. The number of unbranched alkanes of at least 4 members (excludes halogenated alkanes) is 3. The molecule has 0 aliphatic rings. The third-order valence-corrected chi connectivity index (χ3v) is 2.65. The number of aryl methyl sites for hydroxylation is 1. The number of hydrogen-bond donors (Lipinski definition) is 0. The lowest BCUT2D eigenvalue weighted by molar-refractivity contribution is 0.667. The molecule has 0 aromatic heterocycles. The van der Waals surface area contributed by atoms with Crippen LogP contribution in [0.1, 0.15) is 49.3 Å². The molecular formula is C16H18. The molecule has 82 valence electrons. The van der Waals surface area contributed by atoms with E-state index in [0.717, 1.165) is 17.5 Å². The molecule has 0 aliphatic heterocycles. The number of terminal acetylenes is 2. The molecule has 0 N–H and O–H groups in total. The van der Waals surface area contributed by atoms with Crippen molar-refractivity contribution in [2.45, 2.75) is 39.0 Å². The molecule has 0 nitrogen and oxygen atoms in total. The Labute approximate surface area is 99.1 Å². The zero-order valence-electron chi connectivity index (χ0n) is 9.92. The van der Waals surface area contributed by atoms with Crippen LogP contribution in [0.25, 0.3) is 0 Å². The van der Waals surface area contributed by atoms with Crippen molar-refractivity contribution in [1.82, 2.24) is 0 Å². The van der Waals surface area contributed by atoms with Crippen LogP contribution in [-0.2, 0) is 6.42 Å². The fraction of sp³-hybridized carbons (Fsp3) is 0.375. The molecule has 0 heterocycles. The SMILES string of the molecule is C#Cc1cc(C#C)cc(CCCCCC)c1. The summed E-state index contributed by atoms with van der Waals surface area (Å²) in [6.45, 7) is 2.22. The molecule has 0 spiro atoms. The third-order valence-electron chi connectivity index (χ3n) is 2.65. The minimum absolute atomic E-state index is 0.890. The molecule has 0 saturated carbocycles. The van der Waals surface area contributed by atoms with E-state index in [-0.39, 0.29) is 0 Å². The van der Waals surface area contributed by atoms with Gasteiger partial charge < -0.3 is 0 Å². The highest BCUT2D eigenvalue weighted by Gasteiger charge is 1.98. The summed E-state index contributed by atoms with van der Waals surface area (Å²) in [7, 11) is 0. The quantitative estimate of drug-likeness (QED) is 0.512. The number of hydrogen-bond acceptors (Lipinski definition) is 0. The minimum atomic E-state index is 0.890. The van der Waals surface area contributed by atoms with Crippen molar-refractivity contribution in [3.05, 3.63) is 34.9 Å². The highest BCUT2D eigenvalue weighted by molar-refractivity contribution is 5.45. The lowest BCUT2D eigenvalue weighted by Gasteiger charge is -2.03. The second-order valence-electron chi connectivity index (χ2n) is 4.02. The van der Waals surface area contributed by atoms with Gasteiger partial charge in [0.25, 0.3) is 0 Å². The van der Waals surface area contributed by atoms with Crippen LogP contribution >= 0.6 is 0 Å². The van der Waals surface area contributed by atoms with Gasteiger partial charge >= 0.3 is 0 Å². The average molecular weight is 210 g/mol. The van der Waals surface area contributed by atoms with Crippen LogP contribution in [0, 0.1) is 24.7 Å². The lowest BCUT2D eigenvalue weighted by Crippen LogP contribution is -1.89. The van der Waals surface area contributed by atoms with E-state index in [1.165, 1.54) is 31.2 Å². The first-order valence-corrected chi connectivity index (χ1v) is 5.87. The maximum absolute atomic E-state index is 5.40. The highest BCUT2D eigenvalue weighted by atomic mass is 14.0. The van der Waals surface area contributed by atoms with Crippen molar-refractivity contribution in [3.63, 3.8) is 0 Å². The molecule has 1 rings (SSSR count). The largest absolute Gasteiger partial charge is 0.115 e. The molecule has 0 aliphatic carbocycles. The molecule has 1 aromatic carbocycles. The summed E-state index contributed by atoms with van der Waals surface area (Å²) in [5, 5.41) is 0. The van der Waals surface area contributed by atoms with Crippen molar-refractivity contribution in [3.8, 4) is 24.7 Å². The van der Waals surface area contributed by atoms with E-state index in [9.17, 15) is 0 Å². The summed E-state index contributed by atoms with van der Waals surface area (Å²) >= 11 is 0. The van der Waals surface area contributed by atoms with Crippen molar-refractivity contribution in [2.24, 2.45) is 0 Å². The third kappa shape index (κ3) is 3.84. The summed E-state index contributed by atoms with van der Waals surface area (Å²) in [5.74, 6) is 5.30. The molecule has 0 heteroatoms. The second kappa shape index (κ2) is 6.76. The molecule has 0 unspecified atom stereocenters. The van der Waals surface area contributed by atoms with Gasteiger partial charge in [-0.25, -0.2) is 0 Å². The van der Waals surface area contributed by atoms with Crippen LogP contribution in [-0.4, -0.2) is 0 Å². The van der Waals surface area contributed by atoms with Crippen LogP contribution in [0.15, 0.2) is 18.2 Å². The van der Waals surface area contributed by atoms with E-state index in [2.05, 4.69) is 30.9 Å². The van der Waals surface area contributed by atoms with Crippen LogP contribution < -0.4 is 0 Å². The first-order valence-electron chi connectivity index (χ1n) is 5.87. The van der Waals surface area contributed by atoms with E-state index >= 15 is 0 Å².